The van der Waals surface area contributed by atoms with Gasteiger partial charge in [0.05, 0.1) is 10.8 Å². The van der Waals surface area contributed by atoms with E-state index in [2.05, 4.69) is 21.2 Å². The van der Waals surface area contributed by atoms with Gasteiger partial charge in [0, 0.05) is 20.7 Å². The molecule has 1 amide bonds. The predicted molar refractivity (Wildman–Crippen MR) is 89.6 cm³/mol. The first-order valence-electron chi connectivity index (χ1n) is 6.26. The van der Waals surface area contributed by atoms with Crippen molar-refractivity contribution in [3.8, 4) is 0 Å². The molecular weight excluding hydrogens is 352 g/mol. The molecular formula is C15H15BrN2O2S. The third-order valence-corrected chi connectivity index (χ3v) is 4.95. The Hall–Kier alpha value is -1.66. The fraction of sp³-hybridized carbons (Fsp3) is 0.133. The van der Waals surface area contributed by atoms with Crippen molar-refractivity contribution in [3.05, 3.63) is 52.5 Å². The van der Waals surface area contributed by atoms with Gasteiger partial charge in [-0.05, 0) is 48.9 Å². The summed E-state index contributed by atoms with van der Waals surface area (Å²) in [5.41, 5.74) is 7.79. The number of rotatable bonds is 4. The zero-order chi connectivity index (χ0) is 15.4. The van der Waals surface area contributed by atoms with Crippen molar-refractivity contribution in [3.63, 3.8) is 0 Å². The lowest BCUT2D eigenvalue weighted by Crippen LogP contribution is -2.20. The zero-order valence-electron chi connectivity index (χ0n) is 11.4. The summed E-state index contributed by atoms with van der Waals surface area (Å²) in [5, 5.41) is 2.72. The predicted octanol–water partition coefficient (Wildman–Crippen LogP) is 3.09. The van der Waals surface area contributed by atoms with E-state index in [4.69, 9.17) is 5.73 Å². The Morgan fingerprint density at radius 2 is 1.90 bits per heavy atom. The Kier molecular flexibility index (Phi) is 5.14. The lowest BCUT2D eigenvalue weighted by molar-refractivity contribution is -0.113. The maximum absolute atomic E-state index is 12.3. The highest BCUT2D eigenvalue weighted by molar-refractivity contribution is 9.10. The van der Waals surface area contributed by atoms with Crippen LogP contribution in [0.25, 0.3) is 0 Å². The number of carbonyl (C=O) groups excluding carboxylic acids is 1. The van der Waals surface area contributed by atoms with Crippen LogP contribution in [0.3, 0.4) is 0 Å². The Bertz CT molecular complexity index is 687. The van der Waals surface area contributed by atoms with Crippen LogP contribution in [-0.2, 0) is 15.6 Å². The molecule has 0 aromatic heterocycles. The van der Waals surface area contributed by atoms with E-state index in [9.17, 15) is 9.00 Å². The molecule has 1 unspecified atom stereocenters. The van der Waals surface area contributed by atoms with E-state index in [0.717, 1.165) is 10.0 Å². The summed E-state index contributed by atoms with van der Waals surface area (Å²) in [4.78, 5) is 12.5. The van der Waals surface area contributed by atoms with Crippen molar-refractivity contribution in [1.29, 1.82) is 0 Å². The molecule has 0 aliphatic rings. The molecule has 21 heavy (non-hydrogen) atoms. The molecule has 2 aromatic rings. The van der Waals surface area contributed by atoms with E-state index in [1.165, 1.54) is 0 Å². The minimum absolute atomic E-state index is 0.0969. The van der Waals surface area contributed by atoms with Crippen molar-refractivity contribution < 1.29 is 9.00 Å². The monoisotopic (exact) mass is 366 g/mol. The van der Waals surface area contributed by atoms with E-state index < -0.39 is 10.8 Å². The molecule has 0 radical (unpaired) electrons. The first kappa shape index (κ1) is 15.7. The van der Waals surface area contributed by atoms with Crippen molar-refractivity contribution in [2.45, 2.75) is 11.8 Å². The first-order valence-corrected chi connectivity index (χ1v) is 8.37. The molecule has 0 aliphatic carbocycles. The molecule has 3 N–H and O–H groups in total. The number of amides is 1. The highest BCUT2D eigenvalue weighted by Gasteiger charge is 2.13. The molecule has 4 nitrogen and oxygen atoms in total. The van der Waals surface area contributed by atoms with Crippen LogP contribution in [0, 0.1) is 6.92 Å². The number of benzene rings is 2. The minimum atomic E-state index is -1.41. The van der Waals surface area contributed by atoms with Crippen LogP contribution in [0.4, 0.5) is 11.4 Å². The van der Waals surface area contributed by atoms with E-state index in [-0.39, 0.29) is 11.7 Å². The van der Waals surface area contributed by atoms with Crippen LogP contribution in [0.15, 0.2) is 51.8 Å². The molecule has 2 rings (SSSR count). The number of nitrogen functional groups attached to an aromatic ring is 1. The third-order valence-electron chi connectivity index (χ3n) is 2.96. The molecule has 0 saturated carbocycles. The van der Waals surface area contributed by atoms with Crippen molar-refractivity contribution in [2.75, 3.05) is 16.8 Å². The molecule has 110 valence electrons. The SMILES string of the molecule is Cc1c(N)cccc1S(=O)CC(=O)Nc1ccc(Br)cc1. The second kappa shape index (κ2) is 6.87. The fourth-order valence-corrected chi connectivity index (χ4v) is 3.23. The van der Waals surface area contributed by atoms with Crippen molar-refractivity contribution in [2.24, 2.45) is 0 Å². The average molecular weight is 367 g/mol. The summed E-state index contributed by atoms with van der Waals surface area (Å²) in [6, 6.07) is 12.4. The van der Waals surface area contributed by atoms with Crippen LogP contribution >= 0.6 is 15.9 Å². The standard InChI is InChI=1S/C15H15BrN2O2S/c1-10-13(17)3-2-4-14(10)21(20)9-15(19)18-12-7-5-11(16)6-8-12/h2-8H,9,17H2,1H3,(H,18,19). The average Bonchev–Trinajstić information content (AvgIpc) is 2.44. The number of carbonyl (C=O) groups is 1. The quantitative estimate of drug-likeness (QED) is 0.816. The highest BCUT2D eigenvalue weighted by Crippen LogP contribution is 2.19. The van der Waals surface area contributed by atoms with Gasteiger partial charge >= 0.3 is 0 Å². The van der Waals surface area contributed by atoms with Gasteiger partial charge in [-0.2, -0.15) is 0 Å². The lowest BCUT2D eigenvalue weighted by atomic mass is 10.2. The highest BCUT2D eigenvalue weighted by atomic mass is 79.9. The van der Waals surface area contributed by atoms with Crippen molar-refractivity contribution in [1.82, 2.24) is 0 Å². The van der Waals surface area contributed by atoms with E-state index in [0.29, 0.717) is 16.3 Å². The molecule has 0 saturated heterocycles. The number of hydrogen-bond acceptors (Lipinski definition) is 3. The van der Waals surface area contributed by atoms with Gasteiger partial charge in [0.25, 0.3) is 0 Å². The summed E-state index contributed by atoms with van der Waals surface area (Å²) < 4.78 is 13.2. The summed E-state index contributed by atoms with van der Waals surface area (Å²) in [6.07, 6.45) is 0. The summed E-state index contributed by atoms with van der Waals surface area (Å²) in [6.45, 7) is 1.80. The molecule has 0 fully saturated rings. The van der Waals surface area contributed by atoms with E-state index in [1.807, 2.05) is 12.1 Å². The number of halogens is 1. The zero-order valence-corrected chi connectivity index (χ0v) is 13.8. The topological polar surface area (TPSA) is 72.2 Å². The Balaban J connectivity index is 2.04. The van der Waals surface area contributed by atoms with Crippen LogP contribution in [-0.4, -0.2) is 15.9 Å². The minimum Gasteiger partial charge on any atom is -0.398 e. The Morgan fingerprint density at radius 3 is 2.57 bits per heavy atom. The third kappa shape index (κ3) is 4.15. The smallest absolute Gasteiger partial charge is 0.237 e. The lowest BCUT2D eigenvalue weighted by Gasteiger charge is -2.09. The van der Waals surface area contributed by atoms with Gasteiger partial charge in [0.1, 0.15) is 5.75 Å². The van der Waals surface area contributed by atoms with Gasteiger partial charge in [-0.1, -0.05) is 22.0 Å². The fourth-order valence-electron chi connectivity index (χ4n) is 1.81. The van der Waals surface area contributed by atoms with Gasteiger partial charge in [-0.3, -0.25) is 9.00 Å². The first-order chi connectivity index (χ1) is 9.97. The second-order valence-corrected chi connectivity index (χ2v) is 6.85. The molecule has 2 aromatic carbocycles. The number of anilines is 2. The van der Waals surface area contributed by atoms with Gasteiger partial charge in [0.15, 0.2) is 0 Å². The van der Waals surface area contributed by atoms with Gasteiger partial charge < -0.3 is 11.1 Å². The van der Waals surface area contributed by atoms with Gasteiger partial charge in [-0.25, -0.2) is 0 Å². The summed E-state index contributed by atoms with van der Waals surface area (Å²) in [5.74, 6) is -0.391. The molecule has 1 atom stereocenters. The van der Waals surface area contributed by atoms with Crippen molar-refractivity contribution >= 4 is 44.0 Å². The van der Waals surface area contributed by atoms with E-state index >= 15 is 0 Å². The molecule has 6 heteroatoms. The maximum Gasteiger partial charge on any atom is 0.237 e. The van der Waals surface area contributed by atoms with Crippen LogP contribution in [0.1, 0.15) is 5.56 Å². The van der Waals surface area contributed by atoms with Gasteiger partial charge in [0.2, 0.25) is 5.91 Å². The molecule has 0 heterocycles. The normalized spacial score (nSPS) is 11.9. The summed E-state index contributed by atoms with van der Waals surface area (Å²) in [7, 11) is -1.41. The Morgan fingerprint density at radius 1 is 1.24 bits per heavy atom. The molecule has 0 spiro atoms. The van der Waals surface area contributed by atoms with Crippen LogP contribution in [0.2, 0.25) is 0 Å². The molecule has 0 aliphatic heterocycles. The molecule has 0 bridgehead atoms. The van der Waals surface area contributed by atoms with Crippen LogP contribution < -0.4 is 11.1 Å². The largest absolute Gasteiger partial charge is 0.398 e. The number of nitrogens with two attached hydrogens (primary N) is 1. The second-order valence-electron chi connectivity index (χ2n) is 4.52. The number of hydrogen-bond donors (Lipinski definition) is 2. The van der Waals surface area contributed by atoms with Crippen LogP contribution in [0.5, 0.6) is 0 Å². The van der Waals surface area contributed by atoms with Gasteiger partial charge in [-0.15, -0.1) is 0 Å². The Labute approximate surface area is 134 Å². The summed E-state index contributed by atoms with van der Waals surface area (Å²) >= 11 is 3.32. The van der Waals surface area contributed by atoms with E-state index in [1.54, 1.807) is 37.3 Å². The number of nitrogens with one attached hydrogen (secondary N) is 1. The maximum atomic E-state index is 12.3.